The van der Waals surface area contributed by atoms with Crippen molar-refractivity contribution >= 4 is 0 Å². The first kappa shape index (κ1) is 17.7. The summed E-state index contributed by atoms with van der Waals surface area (Å²) in [4.78, 5) is 9.02. The highest BCUT2D eigenvalue weighted by atomic mass is 16.5. The van der Waals surface area contributed by atoms with Gasteiger partial charge in [0.15, 0.2) is 11.5 Å². The molecular formula is C21H20N6O2. The first-order chi connectivity index (χ1) is 14.3. The molecular weight excluding hydrogens is 368 g/mol. The number of aromatic nitrogens is 6. The van der Waals surface area contributed by atoms with Crippen molar-refractivity contribution in [2.24, 2.45) is 0 Å². The second-order valence-electron chi connectivity index (χ2n) is 7.11. The van der Waals surface area contributed by atoms with Gasteiger partial charge in [0.25, 0.3) is 5.89 Å². The first-order valence-electron chi connectivity index (χ1n) is 9.61. The van der Waals surface area contributed by atoms with E-state index in [1.165, 1.54) is 5.56 Å². The van der Waals surface area contributed by atoms with E-state index in [-0.39, 0.29) is 5.41 Å². The van der Waals surface area contributed by atoms with Crippen molar-refractivity contribution in [3.63, 3.8) is 0 Å². The minimum atomic E-state index is -0.314. The summed E-state index contributed by atoms with van der Waals surface area (Å²) >= 11 is 0. The van der Waals surface area contributed by atoms with Crippen LogP contribution in [0.1, 0.15) is 29.9 Å². The van der Waals surface area contributed by atoms with Gasteiger partial charge in [0, 0.05) is 19.4 Å². The van der Waals surface area contributed by atoms with E-state index in [0.717, 1.165) is 18.5 Å². The van der Waals surface area contributed by atoms with Crippen LogP contribution in [0.3, 0.4) is 0 Å². The summed E-state index contributed by atoms with van der Waals surface area (Å²) in [6.45, 7) is 1.86. The summed E-state index contributed by atoms with van der Waals surface area (Å²) in [7, 11) is 0. The highest BCUT2D eigenvalue weighted by Gasteiger charge is 2.40. The molecule has 8 heteroatoms. The van der Waals surface area contributed by atoms with Crippen molar-refractivity contribution in [3.8, 4) is 11.6 Å². The number of pyridine rings is 1. The predicted molar refractivity (Wildman–Crippen MR) is 104 cm³/mol. The number of benzene rings is 1. The lowest BCUT2D eigenvalue weighted by molar-refractivity contribution is 0.0597. The van der Waals surface area contributed by atoms with Crippen LogP contribution in [-0.2, 0) is 16.7 Å². The molecule has 8 nitrogen and oxygen atoms in total. The van der Waals surface area contributed by atoms with E-state index in [9.17, 15) is 0 Å². The van der Waals surface area contributed by atoms with Gasteiger partial charge in [-0.3, -0.25) is 4.98 Å². The van der Waals surface area contributed by atoms with E-state index >= 15 is 0 Å². The SMILES string of the molecule is c1ccc(C2(c3noc(-c4cn(Cc5ccccn5)nn4)n3)CCOCC2)cc1. The maximum absolute atomic E-state index is 5.60. The third kappa shape index (κ3) is 3.42. The van der Waals surface area contributed by atoms with Gasteiger partial charge in [-0.1, -0.05) is 46.8 Å². The Morgan fingerprint density at radius 3 is 2.62 bits per heavy atom. The summed E-state index contributed by atoms with van der Waals surface area (Å²) < 4.78 is 12.9. The molecule has 4 aromatic rings. The minimum Gasteiger partial charge on any atom is -0.381 e. The molecule has 0 N–H and O–H groups in total. The normalized spacial score (nSPS) is 16.0. The molecule has 29 heavy (non-hydrogen) atoms. The third-order valence-corrected chi connectivity index (χ3v) is 5.33. The molecule has 1 fully saturated rings. The zero-order chi connectivity index (χ0) is 19.5. The Balaban J connectivity index is 1.44. The van der Waals surface area contributed by atoms with Crippen molar-refractivity contribution in [3.05, 3.63) is 78.0 Å². The zero-order valence-corrected chi connectivity index (χ0v) is 15.8. The molecule has 0 aliphatic carbocycles. The van der Waals surface area contributed by atoms with Gasteiger partial charge < -0.3 is 9.26 Å². The molecule has 1 saturated heterocycles. The number of hydrogen-bond donors (Lipinski definition) is 0. The monoisotopic (exact) mass is 388 g/mol. The van der Waals surface area contributed by atoms with E-state index < -0.39 is 0 Å². The fourth-order valence-electron chi connectivity index (χ4n) is 3.77. The molecule has 1 aliphatic heterocycles. The van der Waals surface area contributed by atoms with Crippen LogP contribution in [0.5, 0.6) is 0 Å². The van der Waals surface area contributed by atoms with Gasteiger partial charge in [-0.2, -0.15) is 4.98 Å². The Kier molecular flexibility index (Phi) is 4.61. The van der Waals surface area contributed by atoms with Crippen molar-refractivity contribution in [2.45, 2.75) is 24.8 Å². The van der Waals surface area contributed by atoms with Crippen molar-refractivity contribution in [1.29, 1.82) is 0 Å². The van der Waals surface area contributed by atoms with Crippen molar-refractivity contribution in [2.75, 3.05) is 13.2 Å². The maximum Gasteiger partial charge on any atom is 0.280 e. The quantitative estimate of drug-likeness (QED) is 0.519. The van der Waals surface area contributed by atoms with Crippen molar-refractivity contribution in [1.82, 2.24) is 30.1 Å². The Bertz CT molecular complexity index is 1070. The highest BCUT2D eigenvalue weighted by molar-refractivity contribution is 5.45. The Hall–Kier alpha value is -3.39. The molecule has 0 atom stereocenters. The second-order valence-corrected chi connectivity index (χ2v) is 7.11. The van der Waals surface area contributed by atoms with Gasteiger partial charge in [0.05, 0.1) is 23.9 Å². The lowest BCUT2D eigenvalue weighted by atomic mass is 9.73. The van der Waals surface area contributed by atoms with Crippen LogP contribution in [0.15, 0.2) is 65.4 Å². The first-order valence-corrected chi connectivity index (χ1v) is 9.61. The van der Waals surface area contributed by atoms with Gasteiger partial charge in [-0.25, -0.2) is 4.68 Å². The summed E-state index contributed by atoms with van der Waals surface area (Å²) in [6, 6.07) is 16.1. The summed E-state index contributed by atoms with van der Waals surface area (Å²) in [5.41, 5.74) is 2.32. The number of ether oxygens (including phenoxy) is 1. The molecule has 0 spiro atoms. The van der Waals surface area contributed by atoms with Crippen LogP contribution in [0, 0.1) is 0 Å². The number of rotatable bonds is 5. The molecule has 4 heterocycles. The van der Waals surface area contributed by atoms with Crippen LogP contribution in [0.2, 0.25) is 0 Å². The number of hydrogen-bond acceptors (Lipinski definition) is 7. The topological polar surface area (TPSA) is 91.8 Å². The lowest BCUT2D eigenvalue weighted by Gasteiger charge is -2.34. The molecule has 1 aromatic carbocycles. The molecule has 1 aliphatic rings. The lowest BCUT2D eigenvalue weighted by Crippen LogP contribution is -2.36. The van der Waals surface area contributed by atoms with Crippen LogP contribution < -0.4 is 0 Å². The van der Waals surface area contributed by atoms with Gasteiger partial charge in [-0.15, -0.1) is 5.10 Å². The van der Waals surface area contributed by atoms with E-state index in [1.54, 1.807) is 17.1 Å². The molecule has 0 bridgehead atoms. The highest BCUT2D eigenvalue weighted by Crippen LogP contribution is 2.40. The third-order valence-electron chi connectivity index (χ3n) is 5.33. The van der Waals surface area contributed by atoms with Crippen LogP contribution in [0.25, 0.3) is 11.6 Å². The largest absolute Gasteiger partial charge is 0.381 e. The minimum absolute atomic E-state index is 0.314. The summed E-state index contributed by atoms with van der Waals surface area (Å²) in [5.74, 6) is 1.04. The van der Waals surface area contributed by atoms with E-state index in [1.807, 2.05) is 36.4 Å². The fraction of sp³-hybridized carbons (Fsp3) is 0.286. The average molecular weight is 388 g/mol. The summed E-state index contributed by atoms with van der Waals surface area (Å²) in [6.07, 6.45) is 5.17. The Morgan fingerprint density at radius 1 is 1.00 bits per heavy atom. The maximum atomic E-state index is 5.60. The Labute approximate surface area is 167 Å². The average Bonchev–Trinajstić information content (AvgIpc) is 3.46. The van der Waals surface area contributed by atoms with E-state index in [2.05, 4.69) is 32.6 Å². The smallest absolute Gasteiger partial charge is 0.280 e. The van der Waals surface area contributed by atoms with Gasteiger partial charge in [-0.05, 0) is 30.5 Å². The van der Waals surface area contributed by atoms with Crippen molar-refractivity contribution < 1.29 is 9.26 Å². The van der Waals surface area contributed by atoms with Gasteiger partial charge >= 0.3 is 0 Å². The molecule has 146 valence electrons. The predicted octanol–water partition coefficient (Wildman–Crippen LogP) is 2.87. The molecule has 0 unspecified atom stereocenters. The van der Waals surface area contributed by atoms with Crippen LogP contribution >= 0.6 is 0 Å². The van der Waals surface area contributed by atoms with E-state index in [4.69, 9.17) is 14.2 Å². The molecule has 0 amide bonds. The molecule has 3 aromatic heterocycles. The fourth-order valence-corrected chi connectivity index (χ4v) is 3.77. The number of nitrogens with zero attached hydrogens (tertiary/aromatic N) is 6. The molecule has 0 saturated carbocycles. The second kappa shape index (κ2) is 7.56. The molecule has 0 radical (unpaired) electrons. The summed E-state index contributed by atoms with van der Waals surface area (Å²) in [5, 5.41) is 12.7. The van der Waals surface area contributed by atoms with Gasteiger partial charge in [0.2, 0.25) is 0 Å². The van der Waals surface area contributed by atoms with Crippen LogP contribution in [-0.4, -0.2) is 43.3 Å². The van der Waals surface area contributed by atoms with Gasteiger partial charge in [0.1, 0.15) is 0 Å². The standard InChI is InChI=1S/C21H20N6O2/c1-2-6-16(7-3-1)21(9-12-28-13-10-21)20-23-19(29-25-20)18-15-27(26-24-18)14-17-8-4-5-11-22-17/h1-8,11,15H,9-10,12-14H2. The molecule has 5 rings (SSSR count). The zero-order valence-electron chi connectivity index (χ0n) is 15.8. The van der Waals surface area contributed by atoms with E-state index in [0.29, 0.717) is 37.2 Å². The van der Waals surface area contributed by atoms with Crippen LogP contribution in [0.4, 0.5) is 0 Å². The Morgan fingerprint density at radius 2 is 1.83 bits per heavy atom.